The van der Waals surface area contributed by atoms with E-state index in [0.29, 0.717) is 12.0 Å². The van der Waals surface area contributed by atoms with Gasteiger partial charge in [-0.25, -0.2) is 0 Å². The monoisotopic (exact) mass is 320 g/mol. The first kappa shape index (κ1) is 15.8. The molecule has 1 saturated heterocycles. The molecule has 1 saturated carbocycles. The Morgan fingerprint density at radius 2 is 2.05 bits per heavy atom. The number of aromatic nitrogens is 2. The molecule has 5 heteroatoms. The Morgan fingerprint density at radius 3 is 2.82 bits per heavy atom. The largest absolute Gasteiger partial charge is 0.327 e. The predicted octanol–water partition coefficient (Wildman–Crippen LogP) is 2.65. The van der Waals surface area contributed by atoms with E-state index >= 15 is 0 Å². The standard InChI is InChI=1S/C17H24N4.ClH/c1-2-21-17-6-4-3-5-13(17)16(19-21)11-20-9-12-7-8-15(18)14(12)10-20;/h3-6,12,14-15H,2,7-11,18H2,1H3;1H. The van der Waals surface area contributed by atoms with E-state index in [1.165, 1.54) is 36.0 Å². The number of hydrogen-bond acceptors (Lipinski definition) is 3. The molecule has 0 amide bonds. The Labute approximate surface area is 138 Å². The molecule has 3 atom stereocenters. The Hall–Kier alpha value is -1.10. The van der Waals surface area contributed by atoms with Crippen LogP contribution in [0, 0.1) is 11.8 Å². The fourth-order valence-electron chi connectivity index (χ4n) is 4.29. The van der Waals surface area contributed by atoms with Crippen molar-refractivity contribution >= 4 is 23.3 Å². The lowest BCUT2D eigenvalue weighted by atomic mass is 9.98. The fraction of sp³-hybridized carbons (Fsp3) is 0.588. The van der Waals surface area contributed by atoms with E-state index in [-0.39, 0.29) is 12.4 Å². The van der Waals surface area contributed by atoms with Crippen molar-refractivity contribution in [1.82, 2.24) is 14.7 Å². The summed E-state index contributed by atoms with van der Waals surface area (Å²) in [4.78, 5) is 2.56. The summed E-state index contributed by atoms with van der Waals surface area (Å²) in [6.45, 7) is 6.40. The van der Waals surface area contributed by atoms with Crippen LogP contribution in [-0.4, -0.2) is 33.8 Å². The van der Waals surface area contributed by atoms with E-state index < -0.39 is 0 Å². The molecular weight excluding hydrogens is 296 g/mol. The van der Waals surface area contributed by atoms with Gasteiger partial charge in [0.1, 0.15) is 0 Å². The number of nitrogens with two attached hydrogens (primary N) is 1. The minimum Gasteiger partial charge on any atom is -0.327 e. The van der Waals surface area contributed by atoms with Crippen LogP contribution >= 0.6 is 12.4 Å². The molecular formula is C17H25ClN4. The summed E-state index contributed by atoms with van der Waals surface area (Å²) in [7, 11) is 0. The van der Waals surface area contributed by atoms with E-state index in [1.54, 1.807) is 0 Å². The topological polar surface area (TPSA) is 47.1 Å². The Morgan fingerprint density at radius 1 is 1.23 bits per heavy atom. The number of benzene rings is 1. The first-order chi connectivity index (χ1) is 10.3. The molecule has 1 aromatic carbocycles. The van der Waals surface area contributed by atoms with Gasteiger partial charge in [0.05, 0.1) is 11.2 Å². The van der Waals surface area contributed by atoms with E-state index in [0.717, 1.165) is 25.6 Å². The number of fused-ring (bicyclic) bond motifs is 2. The number of likely N-dealkylation sites (tertiary alicyclic amines) is 1. The molecule has 2 fully saturated rings. The zero-order valence-electron chi connectivity index (χ0n) is 13.1. The van der Waals surface area contributed by atoms with Crippen LogP contribution in [0.25, 0.3) is 10.9 Å². The predicted molar refractivity (Wildman–Crippen MR) is 92.1 cm³/mol. The summed E-state index contributed by atoms with van der Waals surface area (Å²) in [5.41, 5.74) is 8.72. The number of rotatable bonds is 3. The Bertz CT molecular complexity index is 653. The smallest absolute Gasteiger partial charge is 0.0843 e. The highest BCUT2D eigenvalue weighted by Gasteiger charge is 2.40. The minimum atomic E-state index is 0. The van der Waals surface area contributed by atoms with E-state index in [4.69, 9.17) is 10.8 Å². The maximum Gasteiger partial charge on any atom is 0.0843 e. The summed E-state index contributed by atoms with van der Waals surface area (Å²) in [6, 6.07) is 9.00. The molecule has 0 bridgehead atoms. The number of halogens is 1. The lowest BCUT2D eigenvalue weighted by Crippen LogP contribution is -2.30. The van der Waals surface area contributed by atoms with Crippen molar-refractivity contribution in [2.75, 3.05) is 13.1 Å². The second-order valence-electron chi connectivity index (χ2n) is 6.64. The quantitative estimate of drug-likeness (QED) is 0.945. The lowest BCUT2D eigenvalue weighted by molar-refractivity contribution is 0.294. The zero-order valence-corrected chi connectivity index (χ0v) is 13.9. The molecule has 120 valence electrons. The molecule has 1 aliphatic heterocycles. The van der Waals surface area contributed by atoms with Crippen LogP contribution in [0.3, 0.4) is 0 Å². The number of nitrogens with zero attached hydrogens (tertiary/aromatic N) is 3. The molecule has 2 heterocycles. The highest BCUT2D eigenvalue weighted by Crippen LogP contribution is 2.37. The average molecular weight is 321 g/mol. The van der Waals surface area contributed by atoms with Gasteiger partial charge >= 0.3 is 0 Å². The third-order valence-corrected chi connectivity index (χ3v) is 5.40. The lowest BCUT2D eigenvalue weighted by Gasteiger charge is -2.17. The van der Waals surface area contributed by atoms with Crippen LogP contribution < -0.4 is 5.73 Å². The van der Waals surface area contributed by atoms with Gasteiger partial charge in [-0.05, 0) is 37.7 Å². The summed E-state index contributed by atoms with van der Waals surface area (Å²) in [5, 5.41) is 6.13. The van der Waals surface area contributed by atoms with E-state index in [9.17, 15) is 0 Å². The van der Waals surface area contributed by atoms with Crippen molar-refractivity contribution in [2.24, 2.45) is 17.6 Å². The number of hydrogen-bond donors (Lipinski definition) is 1. The van der Waals surface area contributed by atoms with Crippen LogP contribution in [0.2, 0.25) is 0 Å². The molecule has 2 N–H and O–H groups in total. The fourth-order valence-corrected chi connectivity index (χ4v) is 4.29. The van der Waals surface area contributed by atoms with Crippen molar-refractivity contribution in [3.8, 4) is 0 Å². The Balaban J connectivity index is 0.00000144. The average Bonchev–Trinajstić information content (AvgIpc) is 3.15. The molecule has 1 aliphatic carbocycles. The van der Waals surface area contributed by atoms with Gasteiger partial charge in [0.15, 0.2) is 0 Å². The van der Waals surface area contributed by atoms with Crippen LogP contribution in [-0.2, 0) is 13.1 Å². The van der Waals surface area contributed by atoms with Crippen molar-refractivity contribution in [1.29, 1.82) is 0 Å². The van der Waals surface area contributed by atoms with E-state index in [1.807, 2.05) is 0 Å². The van der Waals surface area contributed by atoms with Gasteiger partial charge in [-0.3, -0.25) is 9.58 Å². The summed E-state index contributed by atoms with van der Waals surface area (Å²) in [6.07, 6.45) is 2.53. The summed E-state index contributed by atoms with van der Waals surface area (Å²) < 4.78 is 2.12. The molecule has 3 unspecified atom stereocenters. The molecule has 4 rings (SSSR count). The van der Waals surface area contributed by atoms with Crippen LogP contribution in [0.15, 0.2) is 24.3 Å². The van der Waals surface area contributed by atoms with Gasteiger partial charge in [0, 0.05) is 37.6 Å². The second kappa shape index (κ2) is 6.19. The van der Waals surface area contributed by atoms with Crippen LogP contribution in [0.1, 0.15) is 25.5 Å². The van der Waals surface area contributed by atoms with Crippen molar-refractivity contribution in [3.05, 3.63) is 30.0 Å². The Kier molecular flexibility index (Phi) is 4.44. The van der Waals surface area contributed by atoms with Gasteiger partial charge < -0.3 is 5.73 Å². The molecule has 22 heavy (non-hydrogen) atoms. The van der Waals surface area contributed by atoms with Gasteiger partial charge in [-0.2, -0.15) is 5.10 Å². The highest BCUT2D eigenvalue weighted by molar-refractivity contribution is 5.85. The van der Waals surface area contributed by atoms with E-state index in [2.05, 4.69) is 40.8 Å². The van der Waals surface area contributed by atoms with Crippen LogP contribution in [0.4, 0.5) is 0 Å². The van der Waals surface area contributed by atoms with Crippen molar-refractivity contribution in [3.63, 3.8) is 0 Å². The molecule has 2 aromatic rings. The molecule has 0 spiro atoms. The third-order valence-electron chi connectivity index (χ3n) is 5.40. The van der Waals surface area contributed by atoms with Gasteiger partial charge in [0.2, 0.25) is 0 Å². The molecule has 2 aliphatic rings. The molecule has 0 radical (unpaired) electrons. The summed E-state index contributed by atoms with van der Waals surface area (Å²) in [5.74, 6) is 1.53. The number of aryl methyl sites for hydroxylation is 1. The first-order valence-electron chi connectivity index (χ1n) is 8.18. The normalized spacial score (nSPS) is 28.0. The van der Waals surface area contributed by atoms with Crippen LogP contribution in [0.5, 0.6) is 0 Å². The minimum absolute atomic E-state index is 0. The molecule has 4 nitrogen and oxygen atoms in total. The van der Waals surface area contributed by atoms with Crippen molar-refractivity contribution in [2.45, 2.75) is 38.9 Å². The SMILES string of the molecule is CCn1nc(CN2CC3CCC(N)C3C2)c2ccccc21.Cl. The van der Waals surface area contributed by atoms with Gasteiger partial charge in [0.25, 0.3) is 0 Å². The highest BCUT2D eigenvalue weighted by atomic mass is 35.5. The number of para-hydroxylation sites is 1. The maximum absolute atomic E-state index is 6.25. The molecule has 1 aromatic heterocycles. The first-order valence-corrected chi connectivity index (χ1v) is 8.18. The second-order valence-corrected chi connectivity index (χ2v) is 6.64. The third kappa shape index (κ3) is 2.53. The zero-order chi connectivity index (χ0) is 14.4. The van der Waals surface area contributed by atoms with Gasteiger partial charge in [-0.15, -0.1) is 12.4 Å². The maximum atomic E-state index is 6.25. The summed E-state index contributed by atoms with van der Waals surface area (Å²) >= 11 is 0. The van der Waals surface area contributed by atoms with Crippen molar-refractivity contribution < 1.29 is 0 Å². The van der Waals surface area contributed by atoms with Gasteiger partial charge in [-0.1, -0.05) is 18.2 Å².